The van der Waals surface area contributed by atoms with Crippen LogP contribution in [0.3, 0.4) is 0 Å². The third-order valence-corrected chi connectivity index (χ3v) is 10.0. The van der Waals surface area contributed by atoms with Crippen molar-refractivity contribution in [2.24, 2.45) is 4.99 Å². The number of H-pyrrole nitrogens is 1. The van der Waals surface area contributed by atoms with Crippen LogP contribution in [0.2, 0.25) is 0 Å². The monoisotopic (exact) mass is 715 g/mol. The summed E-state index contributed by atoms with van der Waals surface area (Å²) in [5.74, 6) is 0.177. The highest BCUT2D eigenvalue weighted by atomic mass is 16.6. The van der Waals surface area contributed by atoms with Gasteiger partial charge < -0.3 is 19.4 Å². The summed E-state index contributed by atoms with van der Waals surface area (Å²) in [7, 11) is 1.34. The molecule has 2 saturated heterocycles. The molecule has 1 N–H and O–H groups in total. The molecule has 2 aromatic heterocycles. The van der Waals surface area contributed by atoms with Gasteiger partial charge in [-0.05, 0) is 63.2 Å². The number of nitrogens with one attached hydrogen (secondary N) is 1. The number of allylic oxidation sites excluding steroid dienone is 1. The van der Waals surface area contributed by atoms with E-state index in [9.17, 15) is 14.4 Å². The molecule has 0 aliphatic carbocycles. The Morgan fingerprint density at radius 1 is 0.849 bits per heavy atom. The molecule has 0 unspecified atom stereocenters. The second kappa shape index (κ2) is 15.1. The Labute approximate surface area is 309 Å². The fourth-order valence-corrected chi connectivity index (χ4v) is 7.37. The van der Waals surface area contributed by atoms with Crippen LogP contribution < -0.4 is 0 Å². The molecule has 2 fully saturated rings. The first kappa shape index (κ1) is 35.7. The van der Waals surface area contributed by atoms with Crippen molar-refractivity contribution in [1.82, 2.24) is 29.7 Å². The van der Waals surface area contributed by atoms with E-state index in [0.29, 0.717) is 25.3 Å². The number of likely N-dealkylation sites (tertiary alicyclic amines) is 2. The normalized spacial score (nSPS) is 19.2. The summed E-state index contributed by atoms with van der Waals surface area (Å²) in [4.78, 5) is 64.8. The van der Waals surface area contributed by atoms with Crippen molar-refractivity contribution in [2.45, 2.75) is 82.9 Å². The summed E-state index contributed by atoms with van der Waals surface area (Å²) in [6.45, 7) is 6.90. The van der Waals surface area contributed by atoms with Gasteiger partial charge in [-0.2, -0.15) is 0 Å². The fourth-order valence-electron chi connectivity index (χ4n) is 7.37. The molecule has 0 bridgehead atoms. The molecule has 12 nitrogen and oxygen atoms in total. The van der Waals surface area contributed by atoms with Gasteiger partial charge in [0, 0.05) is 54.9 Å². The molecule has 3 aliphatic heterocycles. The molecule has 0 radical (unpaired) electrons. The third-order valence-electron chi connectivity index (χ3n) is 10.0. The van der Waals surface area contributed by atoms with Crippen molar-refractivity contribution in [3.05, 3.63) is 96.3 Å². The van der Waals surface area contributed by atoms with Crippen molar-refractivity contribution >= 4 is 29.3 Å². The van der Waals surface area contributed by atoms with E-state index in [4.69, 9.17) is 19.5 Å². The molecule has 3 aliphatic rings. The lowest BCUT2D eigenvalue weighted by Gasteiger charge is -2.28. The second-order valence-corrected chi connectivity index (χ2v) is 14.8. The number of amides is 2. The zero-order chi connectivity index (χ0) is 37.1. The zero-order valence-corrected chi connectivity index (χ0v) is 30.6. The van der Waals surface area contributed by atoms with E-state index in [-0.39, 0.29) is 30.5 Å². The summed E-state index contributed by atoms with van der Waals surface area (Å²) >= 11 is 0. The molecule has 0 spiro atoms. The number of carbonyl (C=O) groups is 3. The molecule has 7 rings (SSSR count). The van der Waals surface area contributed by atoms with Crippen molar-refractivity contribution in [1.29, 1.82) is 0 Å². The van der Waals surface area contributed by atoms with Crippen LogP contribution in [0.5, 0.6) is 0 Å². The van der Waals surface area contributed by atoms with Crippen LogP contribution in [-0.2, 0) is 19.1 Å². The molecular formula is C41H45N7O5. The van der Waals surface area contributed by atoms with E-state index in [0.717, 1.165) is 70.7 Å². The van der Waals surface area contributed by atoms with E-state index >= 15 is 0 Å². The predicted molar refractivity (Wildman–Crippen MR) is 201 cm³/mol. The molecule has 4 aromatic rings. The van der Waals surface area contributed by atoms with Gasteiger partial charge in [-0.1, -0.05) is 54.6 Å². The van der Waals surface area contributed by atoms with Crippen LogP contribution in [0.1, 0.15) is 88.2 Å². The standard InChI is InChI=1S/C41H45N7O5/c1-41(2,3)53-40(51)48-19-8-12-34(48)32-20-29(22-42-32)30-23-43-37(44-24-30)28-16-14-27(15-17-28)33-25-45-38(46-33)35-13-9-18-47(35)39(50)31(21-36(49)52-4)26-10-6-5-7-11-26/h5-7,10-11,14-17,22-25,31,34-35H,8-9,12-13,18-21H2,1-4H3,(H,45,46)/t31-,34+,35+/m1/s1. The topological polar surface area (TPSA) is 143 Å². The maximum absolute atomic E-state index is 13.9. The first-order valence-corrected chi connectivity index (χ1v) is 18.2. The van der Waals surface area contributed by atoms with E-state index in [1.165, 1.54) is 7.11 Å². The number of hydrogen-bond donors (Lipinski definition) is 1. The van der Waals surface area contributed by atoms with Gasteiger partial charge in [0.2, 0.25) is 5.91 Å². The van der Waals surface area contributed by atoms with Crippen LogP contribution in [0.4, 0.5) is 4.79 Å². The van der Waals surface area contributed by atoms with Crippen LogP contribution in [-0.4, -0.2) is 85.3 Å². The summed E-state index contributed by atoms with van der Waals surface area (Å²) < 4.78 is 10.6. The van der Waals surface area contributed by atoms with E-state index in [1.54, 1.807) is 11.1 Å². The molecule has 2 amide bonds. The molecule has 274 valence electrons. The summed E-state index contributed by atoms with van der Waals surface area (Å²) in [5.41, 5.74) is 5.79. The lowest BCUT2D eigenvalue weighted by atomic mass is 9.94. The SMILES string of the molecule is COC(=O)C[C@@H](C(=O)N1CCC[C@H]1c1ncc(-c2ccc(-c3ncc(C4=CN=C([C@@H]5CCCN5C(=O)OC(C)(C)C)C4)cn3)cc2)[nH]1)c1ccccc1. The Morgan fingerprint density at radius 3 is 2.23 bits per heavy atom. The first-order chi connectivity index (χ1) is 25.6. The number of carbonyl (C=O) groups excluding carboxylic acids is 3. The zero-order valence-electron chi connectivity index (χ0n) is 30.6. The number of methoxy groups -OCH3 is 1. The summed E-state index contributed by atoms with van der Waals surface area (Å²) in [6, 6.07) is 17.1. The van der Waals surface area contributed by atoms with Crippen LogP contribution in [0, 0.1) is 0 Å². The van der Waals surface area contributed by atoms with Crippen molar-refractivity contribution in [3.8, 4) is 22.6 Å². The number of ether oxygens (including phenoxy) is 2. The van der Waals surface area contributed by atoms with Gasteiger partial charge >= 0.3 is 12.1 Å². The van der Waals surface area contributed by atoms with Gasteiger partial charge in [-0.3, -0.25) is 19.5 Å². The molecule has 0 saturated carbocycles. The minimum absolute atomic E-state index is 0.0192. The second-order valence-electron chi connectivity index (χ2n) is 14.8. The van der Waals surface area contributed by atoms with E-state index < -0.39 is 17.5 Å². The first-order valence-electron chi connectivity index (χ1n) is 18.2. The van der Waals surface area contributed by atoms with Gasteiger partial charge in [0.15, 0.2) is 5.82 Å². The number of aliphatic imine (C=N–C) groups is 1. The van der Waals surface area contributed by atoms with Gasteiger partial charge in [0.1, 0.15) is 11.4 Å². The van der Waals surface area contributed by atoms with Gasteiger partial charge in [-0.15, -0.1) is 0 Å². The van der Waals surface area contributed by atoms with Crippen molar-refractivity contribution in [2.75, 3.05) is 20.2 Å². The summed E-state index contributed by atoms with van der Waals surface area (Å²) in [5, 5.41) is 0. The number of esters is 1. The lowest BCUT2D eigenvalue weighted by Crippen LogP contribution is -2.43. The quantitative estimate of drug-likeness (QED) is 0.180. The number of benzene rings is 2. The largest absolute Gasteiger partial charge is 0.469 e. The highest BCUT2D eigenvalue weighted by molar-refractivity contribution is 6.02. The third kappa shape index (κ3) is 7.91. The number of aromatic nitrogens is 4. The molecular weight excluding hydrogens is 670 g/mol. The van der Waals surface area contributed by atoms with Crippen molar-refractivity contribution in [3.63, 3.8) is 0 Å². The smallest absolute Gasteiger partial charge is 0.410 e. The molecule has 12 heteroatoms. The van der Waals surface area contributed by atoms with Gasteiger partial charge in [0.05, 0.1) is 43.4 Å². The Morgan fingerprint density at radius 2 is 1.53 bits per heavy atom. The molecule has 5 heterocycles. The fraction of sp³-hybridized carbons (Fsp3) is 0.390. The Hall–Kier alpha value is -5.65. The van der Waals surface area contributed by atoms with Crippen LogP contribution in [0.15, 0.2) is 84.4 Å². The highest BCUT2D eigenvalue weighted by Gasteiger charge is 2.38. The minimum Gasteiger partial charge on any atom is -0.469 e. The summed E-state index contributed by atoms with van der Waals surface area (Å²) in [6.07, 6.45) is 11.0. The molecule has 2 aromatic carbocycles. The highest BCUT2D eigenvalue weighted by Crippen LogP contribution is 2.36. The minimum atomic E-state index is -0.628. The van der Waals surface area contributed by atoms with Crippen LogP contribution in [0.25, 0.3) is 28.2 Å². The number of imidazole rings is 1. The average Bonchev–Trinajstić information content (AvgIpc) is 4.00. The van der Waals surface area contributed by atoms with Crippen molar-refractivity contribution < 1.29 is 23.9 Å². The molecule has 53 heavy (non-hydrogen) atoms. The Balaban J connectivity index is 0.987. The van der Waals surface area contributed by atoms with E-state index in [2.05, 4.69) is 15.0 Å². The number of aromatic amines is 1. The van der Waals surface area contributed by atoms with E-state index in [1.807, 2.05) is 98.9 Å². The number of nitrogens with zero attached hydrogens (tertiary/aromatic N) is 6. The Bertz CT molecular complexity index is 2020. The maximum atomic E-state index is 13.9. The van der Waals surface area contributed by atoms with Gasteiger partial charge in [0.25, 0.3) is 0 Å². The predicted octanol–water partition coefficient (Wildman–Crippen LogP) is 7.13. The number of rotatable bonds is 9. The Kier molecular flexibility index (Phi) is 10.2. The lowest BCUT2D eigenvalue weighted by molar-refractivity contribution is -0.145. The van der Waals surface area contributed by atoms with Crippen LogP contribution >= 0.6 is 0 Å². The molecule has 3 atom stereocenters. The number of hydrogen-bond acceptors (Lipinski definition) is 9. The average molecular weight is 716 g/mol. The van der Waals surface area contributed by atoms with Gasteiger partial charge in [-0.25, -0.2) is 19.7 Å². The maximum Gasteiger partial charge on any atom is 0.410 e.